The number of nitrogens with zero attached hydrogens (tertiary/aromatic N) is 2. The topological polar surface area (TPSA) is 59.0 Å². The first-order chi connectivity index (χ1) is 10.1. The average Bonchev–Trinajstić information content (AvgIpc) is 3.00. The van der Waals surface area contributed by atoms with Crippen molar-refractivity contribution >= 4 is 5.91 Å². The van der Waals surface area contributed by atoms with Crippen LogP contribution in [0.1, 0.15) is 19.4 Å². The molecule has 1 heterocycles. The number of nitrogens with one attached hydrogen (secondary N) is 2. The summed E-state index contributed by atoms with van der Waals surface area (Å²) in [5.74, 6) is 0.517. The van der Waals surface area contributed by atoms with Crippen molar-refractivity contribution in [1.82, 2.24) is 20.2 Å². The van der Waals surface area contributed by atoms with Gasteiger partial charge in [0.15, 0.2) is 0 Å². The van der Waals surface area contributed by atoms with E-state index >= 15 is 0 Å². The van der Waals surface area contributed by atoms with E-state index in [-0.39, 0.29) is 5.91 Å². The molecule has 112 valence electrons. The van der Waals surface area contributed by atoms with Crippen molar-refractivity contribution < 1.29 is 4.79 Å². The van der Waals surface area contributed by atoms with Gasteiger partial charge in [0.1, 0.15) is 0 Å². The molecule has 0 radical (unpaired) electrons. The summed E-state index contributed by atoms with van der Waals surface area (Å²) in [7, 11) is 0. The van der Waals surface area contributed by atoms with Crippen molar-refractivity contribution in [2.75, 3.05) is 13.1 Å². The van der Waals surface area contributed by atoms with Gasteiger partial charge in [0.05, 0.1) is 12.9 Å². The van der Waals surface area contributed by atoms with Gasteiger partial charge in [-0.1, -0.05) is 26.0 Å². The molecule has 0 spiro atoms. The summed E-state index contributed by atoms with van der Waals surface area (Å²) in [4.78, 5) is 15.6. The van der Waals surface area contributed by atoms with E-state index in [9.17, 15) is 4.79 Å². The van der Waals surface area contributed by atoms with Gasteiger partial charge in [-0.25, -0.2) is 4.98 Å². The molecule has 1 amide bonds. The van der Waals surface area contributed by atoms with Crippen molar-refractivity contribution in [2.45, 2.75) is 20.4 Å². The molecule has 21 heavy (non-hydrogen) atoms. The molecular formula is C16H22N4O. The number of aromatic nitrogens is 2. The highest BCUT2D eigenvalue weighted by Crippen LogP contribution is 2.08. The Balaban J connectivity index is 1.75. The zero-order chi connectivity index (χ0) is 15.1. The first-order valence-corrected chi connectivity index (χ1v) is 7.20. The summed E-state index contributed by atoms with van der Waals surface area (Å²) >= 11 is 0. The van der Waals surface area contributed by atoms with Gasteiger partial charge in [-0.15, -0.1) is 0 Å². The van der Waals surface area contributed by atoms with E-state index in [4.69, 9.17) is 0 Å². The Hall–Kier alpha value is -2.14. The molecule has 1 aromatic carbocycles. The number of imidazole rings is 1. The maximum absolute atomic E-state index is 11.6. The van der Waals surface area contributed by atoms with E-state index in [2.05, 4.69) is 29.5 Å². The van der Waals surface area contributed by atoms with Gasteiger partial charge in [-0.05, 0) is 23.6 Å². The Morgan fingerprint density at radius 2 is 2.05 bits per heavy atom. The lowest BCUT2D eigenvalue weighted by molar-refractivity contribution is -0.120. The van der Waals surface area contributed by atoms with Crippen LogP contribution in [0.4, 0.5) is 0 Å². The summed E-state index contributed by atoms with van der Waals surface area (Å²) in [5, 5.41) is 6.03. The predicted molar refractivity (Wildman–Crippen MR) is 83.1 cm³/mol. The molecule has 2 aromatic rings. The van der Waals surface area contributed by atoms with Crippen LogP contribution in [-0.4, -0.2) is 28.5 Å². The van der Waals surface area contributed by atoms with Crippen molar-refractivity contribution in [3.63, 3.8) is 0 Å². The molecule has 2 N–H and O–H groups in total. The molecule has 0 unspecified atom stereocenters. The predicted octanol–water partition coefficient (Wildman–Crippen LogP) is 1.73. The van der Waals surface area contributed by atoms with Crippen LogP contribution in [0.2, 0.25) is 0 Å². The van der Waals surface area contributed by atoms with Crippen LogP contribution in [0.3, 0.4) is 0 Å². The SMILES string of the molecule is CC(C)CNC(=O)CNCc1ccc(-n2ccnc2)cc1. The van der Waals surface area contributed by atoms with E-state index in [0.717, 1.165) is 17.8 Å². The summed E-state index contributed by atoms with van der Waals surface area (Å²) in [5.41, 5.74) is 2.22. The third-order valence-corrected chi connectivity index (χ3v) is 3.06. The van der Waals surface area contributed by atoms with Crippen LogP contribution in [0.15, 0.2) is 43.0 Å². The van der Waals surface area contributed by atoms with Crippen LogP contribution in [-0.2, 0) is 11.3 Å². The molecule has 0 aliphatic carbocycles. The Morgan fingerprint density at radius 1 is 1.29 bits per heavy atom. The fraction of sp³-hybridized carbons (Fsp3) is 0.375. The molecule has 0 aliphatic rings. The maximum Gasteiger partial charge on any atom is 0.233 e. The van der Waals surface area contributed by atoms with Gasteiger partial charge in [0, 0.05) is 31.2 Å². The number of carbonyl (C=O) groups is 1. The molecule has 0 atom stereocenters. The molecular weight excluding hydrogens is 264 g/mol. The van der Waals surface area contributed by atoms with Crippen molar-refractivity contribution in [3.05, 3.63) is 48.5 Å². The largest absolute Gasteiger partial charge is 0.355 e. The van der Waals surface area contributed by atoms with Crippen molar-refractivity contribution in [1.29, 1.82) is 0 Å². The summed E-state index contributed by atoms with van der Waals surface area (Å²) in [6.45, 7) is 5.90. The number of rotatable bonds is 7. The highest BCUT2D eigenvalue weighted by Gasteiger charge is 2.02. The molecule has 0 aliphatic heterocycles. The number of hydrogen-bond acceptors (Lipinski definition) is 3. The molecule has 0 fully saturated rings. The summed E-state index contributed by atoms with van der Waals surface area (Å²) in [6.07, 6.45) is 5.43. The lowest BCUT2D eigenvalue weighted by Gasteiger charge is -2.09. The van der Waals surface area contributed by atoms with Gasteiger partial charge >= 0.3 is 0 Å². The third kappa shape index (κ3) is 5.04. The smallest absolute Gasteiger partial charge is 0.233 e. The van der Waals surface area contributed by atoms with E-state index in [1.54, 1.807) is 12.5 Å². The number of carbonyl (C=O) groups excluding carboxylic acids is 1. The van der Waals surface area contributed by atoms with E-state index < -0.39 is 0 Å². The Labute approximate surface area is 125 Å². The van der Waals surface area contributed by atoms with Crippen molar-refractivity contribution in [2.24, 2.45) is 5.92 Å². The summed E-state index contributed by atoms with van der Waals surface area (Å²) < 4.78 is 1.95. The third-order valence-electron chi connectivity index (χ3n) is 3.06. The second-order valence-electron chi connectivity index (χ2n) is 5.44. The van der Waals surface area contributed by atoms with Crippen LogP contribution in [0.5, 0.6) is 0 Å². The minimum absolute atomic E-state index is 0.0405. The Kier molecular flexibility index (Phi) is 5.51. The Morgan fingerprint density at radius 3 is 2.67 bits per heavy atom. The highest BCUT2D eigenvalue weighted by atomic mass is 16.1. The second-order valence-corrected chi connectivity index (χ2v) is 5.44. The van der Waals surface area contributed by atoms with Gasteiger partial charge in [0.25, 0.3) is 0 Å². The minimum Gasteiger partial charge on any atom is -0.355 e. The number of benzene rings is 1. The molecule has 5 heteroatoms. The van der Waals surface area contributed by atoms with Gasteiger partial charge in [-0.3, -0.25) is 4.79 Å². The summed E-state index contributed by atoms with van der Waals surface area (Å²) in [6, 6.07) is 8.18. The first-order valence-electron chi connectivity index (χ1n) is 7.20. The van der Waals surface area contributed by atoms with Gasteiger partial charge in [0.2, 0.25) is 5.91 Å². The highest BCUT2D eigenvalue weighted by molar-refractivity contribution is 5.77. The first kappa shape index (κ1) is 15.3. The number of amides is 1. The second kappa shape index (κ2) is 7.59. The molecule has 2 rings (SSSR count). The van der Waals surface area contributed by atoms with Crippen LogP contribution >= 0.6 is 0 Å². The molecule has 0 saturated carbocycles. The number of hydrogen-bond donors (Lipinski definition) is 2. The van der Waals surface area contributed by atoms with Crippen LogP contribution in [0.25, 0.3) is 5.69 Å². The van der Waals surface area contributed by atoms with Crippen molar-refractivity contribution in [3.8, 4) is 5.69 Å². The van der Waals surface area contributed by atoms with E-state index in [0.29, 0.717) is 19.0 Å². The normalized spacial score (nSPS) is 10.8. The molecule has 0 bridgehead atoms. The lowest BCUT2D eigenvalue weighted by atomic mass is 10.2. The van der Waals surface area contributed by atoms with Crippen LogP contribution in [0, 0.1) is 5.92 Å². The maximum atomic E-state index is 11.6. The zero-order valence-corrected chi connectivity index (χ0v) is 12.5. The fourth-order valence-corrected chi connectivity index (χ4v) is 1.90. The van der Waals surface area contributed by atoms with E-state index in [1.807, 2.05) is 35.0 Å². The molecule has 5 nitrogen and oxygen atoms in total. The Bertz CT molecular complexity index is 546. The quantitative estimate of drug-likeness (QED) is 0.815. The fourth-order valence-electron chi connectivity index (χ4n) is 1.90. The minimum atomic E-state index is 0.0405. The average molecular weight is 286 g/mol. The standard InChI is InChI=1S/C16H22N4O/c1-13(2)9-19-16(21)11-18-10-14-3-5-15(6-4-14)20-8-7-17-12-20/h3-8,12-13,18H,9-11H2,1-2H3,(H,19,21). The van der Waals surface area contributed by atoms with E-state index in [1.165, 1.54) is 0 Å². The van der Waals surface area contributed by atoms with Gasteiger partial charge in [-0.2, -0.15) is 0 Å². The van der Waals surface area contributed by atoms with Gasteiger partial charge < -0.3 is 15.2 Å². The zero-order valence-electron chi connectivity index (χ0n) is 12.5. The molecule has 0 saturated heterocycles. The molecule has 1 aromatic heterocycles. The van der Waals surface area contributed by atoms with Crippen LogP contribution < -0.4 is 10.6 Å². The monoisotopic (exact) mass is 286 g/mol. The lowest BCUT2D eigenvalue weighted by Crippen LogP contribution is -2.35.